The van der Waals surface area contributed by atoms with Crippen molar-refractivity contribution in [2.75, 3.05) is 17.2 Å². The van der Waals surface area contributed by atoms with Crippen LogP contribution in [0, 0.1) is 0 Å². The minimum atomic E-state index is 0.778. The molecular weight excluding hydrogens is 260 g/mol. The van der Waals surface area contributed by atoms with E-state index in [0.29, 0.717) is 0 Å². The van der Waals surface area contributed by atoms with Crippen molar-refractivity contribution in [1.82, 2.24) is 9.97 Å². The van der Waals surface area contributed by atoms with Crippen molar-refractivity contribution < 1.29 is 0 Å². The number of benzene rings is 2. The van der Waals surface area contributed by atoms with E-state index in [9.17, 15) is 0 Å². The predicted molar refractivity (Wildman–Crippen MR) is 85.1 cm³/mol. The minimum absolute atomic E-state index is 0.778. The number of aromatic nitrogens is 2. The number of fused-ring (bicyclic) bond motifs is 2. The van der Waals surface area contributed by atoms with Crippen LogP contribution in [0.2, 0.25) is 0 Å². The molecule has 0 unspecified atom stereocenters. The van der Waals surface area contributed by atoms with Gasteiger partial charge in [-0.1, -0.05) is 30.3 Å². The van der Waals surface area contributed by atoms with Crippen LogP contribution in [0.15, 0.2) is 48.7 Å². The first-order valence-corrected chi connectivity index (χ1v) is 7.14. The van der Waals surface area contributed by atoms with Crippen molar-refractivity contribution in [2.45, 2.75) is 13.0 Å². The second kappa shape index (κ2) is 4.74. The van der Waals surface area contributed by atoms with Gasteiger partial charge in [-0.3, -0.25) is 0 Å². The number of para-hydroxylation sites is 1. The Balaban J connectivity index is 1.72. The van der Waals surface area contributed by atoms with Crippen molar-refractivity contribution in [3.8, 4) is 0 Å². The van der Waals surface area contributed by atoms with Crippen molar-refractivity contribution >= 4 is 22.5 Å². The Bertz CT molecular complexity index is 813. The van der Waals surface area contributed by atoms with E-state index in [1.54, 1.807) is 0 Å². The van der Waals surface area contributed by atoms with Gasteiger partial charge in [0, 0.05) is 30.4 Å². The molecule has 21 heavy (non-hydrogen) atoms. The third-order valence-electron chi connectivity index (χ3n) is 4.07. The Morgan fingerprint density at radius 3 is 2.90 bits per heavy atom. The zero-order valence-corrected chi connectivity index (χ0v) is 11.7. The van der Waals surface area contributed by atoms with E-state index < -0.39 is 0 Å². The lowest BCUT2D eigenvalue weighted by Gasteiger charge is -2.29. The lowest BCUT2D eigenvalue weighted by atomic mass is 9.98. The van der Waals surface area contributed by atoms with Crippen molar-refractivity contribution in [3.63, 3.8) is 0 Å². The fraction of sp³-hybridized carbons (Fsp3) is 0.176. The normalized spacial score (nSPS) is 14.2. The average molecular weight is 276 g/mol. The number of rotatable bonds is 1. The minimum Gasteiger partial charge on any atom is -0.398 e. The molecule has 0 radical (unpaired) electrons. The monoisotopic (exact) mass is 276 g/mol. The van der Waals surface area contributed by atoms with Gasteiger partial charge in [-0.15, -0.1) is 0 Å². The van der Waals surface area contributed by atoms with Gasteiger partial charge in [-0.2, -0.15) is 0 Å². The number of hydrogen-bond donors (Lipinski definition) is 1. The molecular formula is C17H16N4. The zero-order chi connectivity index (χ0) is 14.2. The Morgan fingerprint density at radius 1 is 1.05 bits per heavy atom. The predicted octanol–water partition coefficient (Wildman–Crippen LogP) is 2.77. The van der Waals surface area contributed by atoms with Gasteiger partial charge in [0.05, 0.1) is 5.52 Å². The van der Waals surface area contributed by atoms with E-state index in [1.165, 1.54) is 11.1 Å². The molecule has 3 aromatic rings. The number of nitrogen functional groups attached to an aromatic ring is 1. The fourth-order valence-corrected chi connectivity index (χ4v) is 2.89. The van der Waals surface area contributed by atoms with Gasteiger partial charge in [0.2, 0.25) is 5.95 Å². The second-order valence-corrected chi connectivity index (χ2v) is 5.39. The maximum absolute atomic E-state index is 6.10. The number of anilines is 2. The van der Waals surface area contributed by atoms with Gasteiger partial charge < -0.3 is 10.6 Å². The first-order valence-electron chi connectivity index (χ1n) is 7.14. The van der Waals surface area contributed by atoms with Gasteiger partial charge in [-0.25, -0.2) is 9.97 Å². The Kier molecular flexibility index (Phi) is 2.74. The quantitative estimate of drug-likeness (QED) is 0.694. The summed E-state index contributed by atoms with van der Waals surface area (Å²) >= 11 is 0. The maximum atomic E-state index is 6.10. The molecule has 4 rings (SSSR count). The van der Waals surface area contributed by atoms with Crippen LogP contribution < -0.4 is 10.6 Å². The summed E-state index contributed by atoms with van der Waals surface area (Å²) < 4.78 is 0. The Labute approximate surface area is 123 Å². The van der Waals surface area contributed by atoms with Crippen LogP contribution in [-0.2, 0) is 13.0 Å². The van der Waals surface area contributed by atoms with Crippen LogP contribution in [-0.4, -0.2) is 16.5 Å². The van der Waals surface area contributed by atoms with E-state index in [4.69, 9.17) is 5.73 Å². The average Bonchev–Trinajstić information content (AvgIpc) is 2.54. The summed E-state index contributed by atoms with van der Waals surface area (Å²) in [5, 5.41) is 1.07. The van der Waals surface area contributed by atoms with Crippen molar-refractivity contribution in [2.24, 2.45) is 0 Å². The molecule has 1 aromatic heterocycles. The summed E-state index contributed by atoms with van der Waals surface area (Å²) in [4.78, 5) is 11.4. The summed E-state index contributed by atoms with van der Waals surface area (Å²) in [6.07, 6.45) is 2.87. The number of hydrogen-bond acceptors (Lipinski definition) is 4. The lowest BCUT2D eigenvalue weighted by molar-refractivity contribution is 0.711. The topological polar surface area (TPSA) is 55.0 Å². The maximum Gasteiger partial charge on any atom is 0.226 e. The molecule has 0 aliphatic carbocycles. The molecule has 0 spiro atoms. The summed E-state index contributed by atoms with van der Waals surface area (Å²) in [5.74, 6) is 0.780. The van der Waals surface area contributed by atoms with Crippen LogP contribution in [0.5, 0.6) is 0 Å². The molecule has 0 saturated heterocycles. The van der Waals surface area contributed by atoms with E-state index >= 15 is 0 Å². The second-order valence-electron chi connectivity index (χ2n) is 5.39. The summed E-state index contributed by atoms with van der Waals surface area (Å²) in [5.41, 5.74) is 10.5. The Hall–Kier alpha value is -2.62. The van der Waals surface area contributed by atoms with Crippen molar-refractivity contribution in [1.29, 1.82) is 0 Å². The first kappa shape index (κ1) is 12.1. The molecule has 4 nitrogen and oxygen atoms in total. The third-order valence-corrected chi connectivity index (χ3v) is 4.07. The van der Waals surface area contributed by atoms with Crippen LogP contribution in [0.1, 0.15) is 11.1 Å². The SMILES string of the molecule is Nc1cccc2c1CN(c1ncc3ccccc3n1)CC2. The van der Waals surface area contributed by atoms with Crippen LogP contribution >= 0.6 is 0 Å². The van der Waals surface area contributed by atoms with Crippen LogP contribution in [0.3, 0.4) is 0 Å². The van der Waals surface area contributed by atoms with E-state index in [-0.39, 0.29) is 0 Å². The Morgan fingerprint density at radius 2 is 1.95 bits per heavy atom. The molecule has 0 bridgehead atoms. The van der Waals surface area contributed by atoms with E-state index in [0.717, 1.165) is 42.0 Å². The molecule has 4 heteroatoms. The standard InChI is InChI=1S/C17H16N4/c18-15-6-3-5-12-8-9-21(11-14(12)15)17-19-10-13-4-1-2-7-16(13)20-17/h1-7,10H,8-9,11,18H2. The highest BCUT2D eigenvalue weighted by Gasteiger charge is 2.20. The molecule has 1 aliphatic rings. The van der Waals surface area contributed by atoms with Gasteiger partial charge in [0.1, 0.15) is 0 Å². The highest BCUT2D eigenvalue weighted by Crippen LogP contribution is 2.26. The van der Waals surface area contributed by atoms with Gasteiger partial charge in [-0.05, 0) is 29.7 Å². The molecule has 2 heterocycles. The van der Waals surface area contributed by atoms with Crippen LogP contribution in [0.4, 0.5) is 11.6 Å². The van der Waals surface area contributed by atoms with E-state index in [2.05, 4.69) is 20.9 Å². The van der Waals surface area contributed by atoms with Crippen LogP contribution in [0.25, 0.3) is 10.9 Å². The molecule has 2 aromatic carbocycles. The van der Waals surface area contributed by atoms with E-state index in [1.807, 2.05) is 42.6 Å². The molecule has 0 fully saturated rings. The highest BCUT2D eigenvalue weighted by molar-refractivity contribution is 5.78. The molecule has 0 atom stereocenters. The lowest BCUT2D eigenvalue weighted by Crippen LogP contribution is -2.32. The van der Waals surface area contributed by atoms with Gasteiger partial charge in [0.25, 0.3) is 0 Å². The molecule has 2 N–H and O–H groups in total. The summed E-state index contributed by atoms with van der Waals surface area (Å²) in [6, 6.07) is 14.2. The molecule has 1 aliphatic heterocycles. The summed E-state index contributed by atoms with van der Waals surface area (Å²) in [6.45, 7) is 1.70. The van der Waals surface area contributed by atoms with Gasteiger partial charge >= 0.3 is 0 Å². The molecule has 0 amide bonds. The fourth-order valence-electron chi connectivity index (χ4n) is 2.89. The van der Waals surface area contributed by atoms with Gasteiger partial charge in [0.15, 0.2) is 0 Å². The first-order chi connectivity index (χ1) is 10.3. The third kappa shape index (κ3) is 2.09. The number of nitrogens with zero attached hydrogens (tertiary/aromatic N) is 3. The number of nitrogens with two attached hydrogens (primary N) is 1. The molecule has 0 saturated carbocycles. The largest absolute Gasteiger partial charge is 0.398 e. The molecule has 104 valence electrons. The zero-order valence-electron chi connectivity index (χ0n) is 11.7. The smallest absolute Gasteiger partial charge is 0.226 e. The van der Waals surface area contributed by atoms with Crippen molar-refractivity contribution in [3.05, 3.63) is 59.8 Å². The summed E-state index contributed by atoms with van der Waals surface area (Å²) in [7, 11) is 0. The highest BCUT2D eigenvalue weighted by atomic mass is 15.2.